The van der Waals surface area contributed by atoms with Crippen LogP contribution < -0.4 is 0 Å². The van der Waals surface area contributed by atoms with Crippen molar-refractivity contribution in [3.05, 3.63) is 28.8 Å². The summed E-state index contributed by atoms with van der Waals surface area (Å²) in [5.74, 6) is -18.9. The zero-order valence-electron chi connectivity index (χ0n) is 9.07. The molecule has 1 N–H and O–H groups in total. The van der Waals surface area contributed by atoms with Crippen LogP contribution in [-0.2, 0) is 16.0 Å². The third-order valence-corrected chi connectivity index (χ3v) is 3.05. The predicted octanol–water partition coefficient (Wildman–Crippen LogP) is 3.14. The molecule has 0 saturated carbocycles. The summed E-state index contributed by atoms with van der Waals surface area (Å²) >= 11 is 0. The van der Waals surface area contributed by atoms with Crippen LogP contribution in [0.25, 0.3) is 0 Å². The Bertz CT molecular complexity index is 692. The van der Waals surface area contributed by atoms with Gasteiger partial charge in [-0.15, -0.1) is 0 Å². The van der Waals surface area contributed by atoms with Crippen LogP contribution in [0, 0.1) is 23.3 Å². The predicted molar refractivity (Wildman–Crippen MR) is 46.0 cm³/mol. The fourth-order valence-electron chi connectivity index (χ4n) is 1.28. The van der Waals surface area contributed by atoms with Crippen LogP contribution in [0.15, 0.2) is 4.90 Å². The lowest BCUT2D eigenvalue weighted by molar-refractivity contribution is -0.291. The molecule has 0 saturated heterocycles. The third kappa shape index (κ3) is 2.66. The monoisotopic (exact) mass is 348 g/mol. The number of rotatable bonds is 2. The molecule has 120 valence electrons. The van der Waals surface area contributed by atoms with Gasteiger partial charge in [0.15, 0.2) is 23.3 Å². The molecule has 0 aliphatic rings. The van der Waals surface area contributed by atoms with Crippen molar-refractivity contribution in [3.8, 4) is 0 Å². The van der Waals surface area contributed by atoms with E-state index in [4.69, 9.17) is 4.55 Å². The van der Waals surface area contributed by atoms with Crippen molar-refractivity contribution in [1.82, 2.24) is 0 Å². The number of hydrogen-bond acceptors (Lipinski definition) is 2. The van der Waals surface area contributed by atoms with Crippen LogP contribution >= 0.6 is 0 Å². The van der Waals surface area contributed by atoms with Crippen molar-refractivity contribution in [1.29, 1.82) is 0 Å². The normalized spacial score (nSPS) is 13.6. The first kappa shape index (κ1) is 17.6. The van der Waals surface area contributed by atoms with Crippen LogP contribution in [0.1, 0.15) is 5.56 Å². The lowest BCUT2D eigenvalue weighted by Gasteiger charge is -2.22. The first-order valence-electron chi connectivity index (χ1n) is 4.42. The highest BCUT2D eigenvalue weighted by Crippen LogP contribution is 2.48. The highest BCUT2D eigenvalue weighted by Gasteiger charge is 2.63. The van der Waals surface area contributed by atoms with Gasteiger partial charge in [0.05, 0.1) is 5.56 Å². The molecule has 1 rings (SSSR count). The van der Waals surface area contributed by atoms with Crippen LogP contribution in [0.4, 0.5) is 39.5 Å². The van der Waals surface area contributed by atoms with E-state index in [1.807, 2.05) is 0 Å². The molecule has 13 heteroatoms. The summed E-state index contributed by atoms with van der Waals surface area (Å²) in [6.45, 7) is 0. The fourth-order valence-corrected chi connectivity index (χ4v) is 2.07. The van der Waals surface area contributed by atoms with Gasteiger partial charge in [-0.25, -0.2) is 17.6 Å². The molecule has 0 atom stereocenters. The molecular weight excluding hydrogens is 347 g/mol. The largest absolute Gasteiger partial charge is 0.458 e. The zero-order chi connectivity index (χ0) is 17.0. The summed E-state index contributed by atoms with van der Waals surface area (Å²) in [5, 5.41) is 0. The average molecular weight is 348 g/mol. The van der Waals surface area contributed by atoms with Gasteiger partial charge in [-0.05, 0) is 0 Å². The lowest BCUT2D eigenvalue weighted by Crippen LogP contribution is -2.37. The standard InChI is InChI=1S/C8HF9O3S/c9-2-1(7(13,14)8(15,16)17)6(21(18,19)20)5(12)4(11)3(2)10/h(H,18,19,20). The highest BCUT2D eigenvalue weighted by molar-refractivity contribution is 7.85. The summed E-state index contributed by atoms with van der Waals surface area (Å²) in [4.78, 5) is -3.04. The Morgan fingerprint density at radius 1 is 0.762 bits per heavy atom. The minimum absolute atomic E-state index is 2.98. The van der Waals surface area contributed by atoms with Crippen LogP contribution in [0.3, 0.4) is 0 Å². The summed E-state index contributed by atoms with van der Waals surface area (Å²) in [5.41, 5.74) is -3.38. The number of alkyl halides is 5. The number of hydrogen-bond donors (Lipinski definition) is 1. The molecule has 0 heterocycles. The summed E-state index contributed by atoms with van der Waals surface area (Å²) in [6, 6.07) is 0. The Kier molecular flexibility index (Phi) is 3.98. The van der Waals surface area contributed by atoms with Crippen molar-refractivity contribution < 1.29 is 52.5 Å². The second-order valence-corrected chi connectivity index (χ2v) is 4.87. The topological polar surface area (TPSA) is 54.4 Å². The highest BCUT2D eigenvalue weighted by atomic mass is 32.2. The number of halogens is 9. The van der Waals surface area contributed by atoms with E-state index in [0.29, 0.717) is 0 Å². The van der Waals surface area contributed by atoms with E-state index in [2.05, 4.69) is 0 Å². The van der Waals surface area contributed by atoms with E-state index in [-0.39, 0.29) is 0 Å². The van der Waals surface area contributed by atoms with Gasteiger partial charge in [0.2, 0.25) is 0 Å². The molecular formula is C8HF9O3S. The van der Waals surface area contributed by atoms with Crippen LogP contribution in [0.5, 0.6) is 0 Å². The van der Waals surface area contributed by atoms with Gasteiger partial charge in [-0.1, -0.05) is 0 Å². The maximum absolute atomic E-state index is 13.1. The maximum atomic E-state index is 13.1. The van der Waals surface area contributed by atoms with Gasteiger partial charge >= 0.3 is 12.1 Å². The second kappa shape index (κ2) is 4.76. The number of benzene rings is 1. The molecule has 0 amide bonds. The van der Waals surface area contributed by atoms with Gasteiger partial charge in [-0.3, -0.25) is 4.55 Å². The maximum Gasteiger partial charge on any atom is 0.458 e. The van der Waals surface area contributed by atoms with E-state index < -0.39 is 55.9 Å². The quantitative estimate of drug-likeness (QED) is 0.387. The Balaban J connectivity index is 4.08. The molecule has 0 radical (unpaired) electrons. The molecule has 0 unspecified atom stereocenters. The van der Waals surface area contributed by atoms with Crippen molar-refractivity contribution in [2.45, 2.75) is 17.0 Å². The van der Waals surface area contributed by atoms with Crippen molar-refractivity contribution in [3.63, 3.8) is 0 Å². The minimum Gasteiger partial charge on any atom is -0.282 e. The Labute approximate surface area is 109 Å². The minimum atomic E-state index is -6.68. The van der Waals surface area contributed by atoms with Gasteiger partial charge in [0.25, 0.3) is 10.1 Å². The summed E-state index contributed by atoms with van der Waals surface area (Å²) in [6.07, 6.45) is -6.68. The first-order valence-corrected chi connectivity index (χ1v) is 5.86. The van der Waals surface area contributed by atoms with E-state index in [1.54, 1.807) is 0 Å². The summed E-state index contributed by atoms with van der Waals surface area (Å²) in [7, 11) is -6.27. The van der Waals surface area contributed by atoms with E-state index >= 15 is 0 Å². The van der Waals surface area contributed by atoms with E-state index in [0.717, 1.165) is 0 Å². The molecule has 0 fully saturated rings. The van der Waals surface area contributed by atoms with Gasteiger partial charge < -0.3 is 0 Å². The van der Waals surface area contributed by atoms with Crippen LogP contribution in [0.2, 0.25) is 0 Å². The smallest absolute Gasteiger partial charge is 0.282 e. The Hall–Kier alpha value is -1.50. The summed E-state index contributed by atoms with van der Waals surface area (Å²) < 4.78 is 144. The molecule has 0 aromatic heterocycles. The molecule has 0 aliphatic carbocycles. The third-order valence-electron chi connectivity index (χ3n) is 2.15. The molecule has 1 aromatic carbocycles. The average Bonchev–Trinajstić information content (AvgIpc) is 2.27. The van der Waals surface area contributed by atoms with Gasteiger partial charge in [0.1, 0.15) is 4.90 Å². The van der Waals surface area contributed by atoms with E-state index in [9.17, 15) is 47.9 Å². The lowest BCUT2D eigenvalue weighted by atomic mass is 10.1. The first-order chi connectivity index (χ1) is 9.14. The molecule has 1 aromatic rings. The van der Waals surface area contributed by atoms with Crippen molar-refractivity contribution in [2.75, 3.05) is 0 Å². The van der Waals surface area contributed by atoms with Gasteiger partial charge in [0, 0.05) is 0 Å². The fraction of sp³-hybridized carbons (Fsp3) is 0.250. The van der Waals surface area contributed by atoms with Crippen molar-refractivity contribution in [2.24, 2.45) is 0 Å². The Morgan fingerprint density at radius 2 is 1.14 bits per heavy atom. The second-order valence-electron chi connectivity index (χ2n) is 3.51. The molecule has 0 bridgehead atoms. The zero-order valence-corrected chi connectivity index (χ0v) is 9.89. The molecule has 21 heavy (non-hydrogen) atoms. The molecule has 0 spiro atoms. The molecule has 0 aliphatic heterocycles. The van der Waals surface area contributed by atoms with Gasteiger partial charge in [-0.2, -0.15) is 30.4 Å². The Morgan fingerprint density at radius 3 is 1.48 bits per heavy atom. The SMILES string of the molecule is O=S(=O)(O)c1c(F)c(F)c(F)c(F)c1C(F)(F)C(F)(F)F. The molecule has 3 nitrogen and oxygen atoms in total. The van der Waals surface area contributed by atoms with Crippen molar-refractivity contribution >= 4 is 10.1 Å². The van der Waals surface area contributed by atoms with E-state index in [1.165, 1.54) is 0 Å². The van der Waals surface area contributed by atoms with Crippen LogP contribution in [-0.4, -0.2) is 19.1 Å².